The number of hydrogen-bond donors (Lipinski definition) is 1. The third-order valence-electron chi connectivity index (χ3n) is 7.29. The highest BCUT2D eigenvalue weighted by Crippen LogP contribution is 2.39. The Labute approximate surface area is 230 Å². The van der Waals surface area contributed by atoms with Gasteiger partial charge in [-0.1, -0.05) is 6.07 Å². The lowest BCUT2D eigenvalue weighted by Gasteiger charge is -2.27. The summed E-state index contributed by atoms with van der Waals surface area (Å²) in [5, 5.41) is 11.7. The molecule has 1 atom stereocenters. The van der Waals surface area contributed by atoms with Gasteiger partial charge in [0.25, 0.3) is 0 Å². The van der Waals surface area contributed by atoms with Gasteiger partial charge in [0.1, 0.15) is 12.4 Å². The van der Waals surface area contributed by atoms with Crippen LogP contribution in [0.3, 0.4) is 0 Å². The van der Waals surface area contributed by atoms with Gasteiger partial charge < -0.3 is 19.5 Å². The number of carbonyl (C=O) groups excluding carboxylic acids is 1. The van der Waals surface area contributed by atoms with Crippen molar-refractivity contribution in [3.05, 3.63) is 41.7 Å². The fourth-order valence-electron chi connectivity index (χ4n) is 5.13. The molecule has 206 valence electrons. The van der Waals surface area contributed by atoms with E-state index < -0.39 is 17.7 Å². The maximum Gasteiger partial charge on any atom is 0.304 e. The van der Waals surface area contributed by atoms with Gasteiger partial charge in [0.05, 0.1) is 18.7 Å². The molecule has 1 saturated heterocycles. The van der Waals surface area contributed by atoms with E-state index in [2.05, 4.69) is 9.97 Å². The number of benzene rings is 1. The highest BCUT2D eigenvalue weighted by Gasteiger charge is 2.30. The molecule has 1 aromatic carbocycles. The lowest BCUT2D eigenvalue weighted by Crippen LogP contribution is -2.35. The molecule has 3 aromatic rings. The monoisotopic (exact) mass is 554 g/mol. The molecular weight excluding hydrogens is 523 g/mol. The van der Waals surface area contributed by atoms with Crippen LogP contribution in [-0.4, -0.2) is 67.4 Å². The Morgan fingerprint density at radius 2 is 2.03 bits per heavy atom. The van der Waals surface area contributed by atoms with Gasteiger partial charge in [0, 0.05) is 55.9 Å². The third-order valence-corrected chi connectivity index (χ3v) is 8.20. The molecule has 0 bridgehead atoms. The number of carbonyl (C=O) groups is 2. The summed E-state index contributed by atoms with van der Waals surface area (Å²) in [6.45, 7) is 2.56. The van der Waals surface area contributed by atoms with Crippen LogP contribution in [0.1, 0.15) is 25.7 Å². The summed E-state index contributed by atoms with van der Waals surface area (Å²) < 4.78 is 25.6. The number of aromatic nitrogens is 2. The summed E-state index contributed by atoms with van der Waals surface area (Å²) in [6.07, 6.45) is 3.62. The summed E-state index contributed by atoms with van der Waals surface area (Å²) in [6, 6.07) is 6.39. The first-order valence-corrected chi connectivity index (χ1v) is 13.8. The van der Waals surface area contributed by atoms with Gasteiger partial charge in [0.2, 0.25) is 5.91 Å². The van der Waals surface area contributed by atoms with Crippen LogP contribution in [0, 0.1) is 17.7 Å². The number of aliphatic carboxylic acids is 1. The molecule has 1 fully saturated rings. The van der Waals surface area contributed by atoms with E-state index in [9.17, 15) is 19.1 Å². The summed E-state index contributed by atoms with van der Waals surface area (Å²) in [7, 11) is 3.56. The standard InChI is InChI=1S/C28H31FN4O5S/c1-32-7-10-38-24-12-19(15-30-26(24)32)21-4-3-20(29)14-22(21)23-16-39-28(31-23)33(2)27(36)18(13-25(34)35)11-17-5-8-37-9-6-17/h3-4,12,14-18H,5-11,13H2,1-2H3,(H,34,35). The Bertz CT molecular complexity index is 1360. The number of nitrogens with zero attached hydrogens (tertiary/aromatic N) is 4. The molecule has 1 amide bonds. The average Bonchev–Trinajstić information content (AvgIpc) is 3.42. The molecule has 5 rings (SSSR count). The topological polar surface area (TPSA) is 105 Å². The molecule has 2 aliphatic rings. The molecular formula is C28H31FN4O5S. The Kier molecular flexibility index (Phi) is 8.08. The minimum Gasteiger partial charge on any atom is -0.488 e. The van der Waals surface area contributed by atoms with Gasteiger partial charge in [-0.25, -0.2) is 14.4 Å². The van der Waals surface area contributed by atoms with Crippen LogP contribution in [0.2, 0.25) is 0 Å². The van der Waals surface area contributed by atoms with Gasteiger partial charge in [-0.05, 0) is 48.9 Å². The highest BCUT2D eigenvalue weighted by molar-refractivity contribution is 7.14. The quantitative estimate of drug-likeness (QED) is 0.427. The number of halogens is 1. The number of amides is 1. The number of carboxylic acid groups (broad SMARTS) is 1. The molecule has 9 nitrogen and oxygen atoms in total. The number of carboxylic acids is 1. The summed E-state index contributed by atoms with van der Waals surface area (Å²) in [5.41, 5.74) is 2.57. The Morgan fingerprint density at radius 1 is 1.23 bits per heavy atom. The van der Waals surface area contributed by atoms with E-state index in [0.717, 1.165) is 36.3 Å². The van der Waals surface area contributed by atoms with Crippen molar-refractivity contribution in [2.75, 3.05) is 50.3 Å². The van der Waals surface area contributed by atoms with Crippen LogP contribution >= 0.6 is 11.3 Å². The minimum absolute atomic E-state index is 0.241. The molecule has 0 aliphatic carbocycles. The van der Waals surface area contributed by atoms with Crippen LogP contribution in [0.4, 0.5) is 15.3 Å². The minimum atomic E-state index is -1.01. The van der Waals surface area contributed by atoms with E-state index >= 15 is 0 Å². The normalized spacial score (nSPS) is 16.3. The van der Waals surface area contributed by atoms with Crippen LogP contribution in [0.5, 0.6) is 5.75 Å². The molecule has 1 N–H and O–H groups in total. The fraction of sp³-hybridized carbons (Fsp3) is 0.429. The highest BCUT2D eigenvalue weighted by atomic mass is 32.1. The maximum absolute atomic E-state index is 14.4. The van der Waals surface area contributed by atoms with Crippen LogP contribution in [0.15, 0.2) is 35.8 Å². The number of rotatable bonds is 8. The zero-order valence-corrected chi connectivity index (χ0v) is 22.7. The van der Waals surface area contributed by atoms with Crippen LogP contribution < -0.4 is 14.5 Å². The predicted molar refractivity (Wildman–Crippen MR) is 147 cm³/mol. The number of thiazole rings is 1. The Hall–Kier alpha value is -3.57. The van der Waals surface area contributed by atoms with Gasteiger partial charge in [-0.15, -0.1) is 11.3 Å². The van der Waals surface area contributed by atoms with E-state index in [0.29, 0.717) is 48.4 Å². The van der Waals surface area contributed by atoms with E-state index in [1.54, 1.807) is 24.7 Å². The first-order chi connectivity index (χ1) is 18.8. The van der Waals surface area contributed by atoms with Crippen molar-refractivity contribution in [1.29, 1.82) is 0 Å². The third kappa shape index (κ3) is 6.04. The van der Waals surface area contributed by atoms with Gasteiger partial charge in [0.15, 0.2) is 16.7 Å². The van der Waals surface area contributed by atoms with Crippen molar-refractivity contribution in [2.45, 2.75) is 25.7 Å². The first kappa shape index (κ1) is 27.0. The van der Waals surface area contributed by atoms with Gasteiger partial charge in [-0.2, -0.15) is 0 Å². The van der Waals surface area contributed by atoms with Crippen molar-refractivity contribution in [1.82, 2.24) is 9.97 Å². The van der Waals surface area contributed by atoms with Gasteiger partial charge >= 0.3 is 5.97 Å². The zero-order chi connectivity index (χ0) is 27.5. The van der Waals surface area contributed by atoms with E-state index in [4.69, 9.17) is 9.47 Å². The fourth-order valence-corrected chi connectivity index (χ4v) is 5.93. The van der Waals surface area contributed by atoms with Gasteiger partial charge in [-0.3, -0.25) is 14.5 Å². The zero-order valence-electron chi connectivity index (χ0n) is 21.9. The second-order valence-corrected chi connectivity index (χ2v) is 10.8. The Morgan fingerprint density at radius 3 is 2.79 bits per heavy atom. The van der Waals surface area contributed by atoms with E-state index in [-0.39, 0.29) is 18.2 Å². The number of anilines is 2. The lowest BCUT2D eigenvalue weighted by molar-refractivity contribution is -0.141. The number of likely N-dealkylation sites (N-methyl/N-ethyl adjacent to an activating group) is 1. The molecule has 39 heavy (non-hydrogen) atoms. The van der Waals surface area contributed by atoms with Crippen molar-refractivity contribution in [2.24, 2.45) is 11.8 Å². The van der Waals surface area contributed by atoms with E-state index in [1.165, 1.54) is 28.4 Å². The van der Waals surface area contributed by atoms with Crippen LogP contribution in [0.25, 0.3) is 22.4 Å². The summed E-state index contributed by atoms with van der Waals surface area (Å²) in [4.78, 5) is 37.6. The smallest absolute Gasteiger partial charge is 0.304 e. The summed E-state index contributed by atoms with van der Waals surface area (Å²) in [5.74, 6) is -0.705. The maximum atomic E-state index is 14.4. The number of hydrogen-bond acceptors (Lipinski definition) is 8. The molecule has 1 unspecified atom stereocenters. The Balaban J connectivity index is 1.41. The van der Waals surface area contributed by atoms with Crippen molar-refractivity contribution in [3.63, 3.8) is 0 Å². The second-order valence-electron chi connectivity index (χ2n) is 10.0. The van der Waals surface area contributed by atoms with E-state index in [1.807, 2.05) is 18.0 Å². The number of pyridine rings is 1. The predicted octanol–water partition coefficient (Wildman–Crippen LogP) is 4.71. The first-order valence-electron chi connectivity index (χ1n) is 13.0. The summed E-state index contributed by atoms with van der Waals surface area (Å²) >= 11 is 1.25. The molecule has 11 heteroatoms. The lowest BCUT2D eigenvalue weighted by atomic mass is 9.86. The SMILES string of the molecule is CN1CCOc2cc(-c3ccc(F)cc3-c3csc(N(C)C(=O)C(CC(=O)O)CC4CCOCC4)n3)cnc21. The molecule has 0 spiro atoms. The molecule has 2 aromatic heterocycles. The molecule has 0 radical (unpaired) electrons. The average molecular weight is 555 g/mol. The largest absolute Gasteiger partial charge is 0.488 e. The van der Waals surface area contributed by atoms with Crippen molar-refractivity contribution < 1.29 is 28.6 Å². The second kappa shape index (κ2) is 11.7. The van der Waals surface area contributed by atoms with Crippen molar-refractivity contribution in [3.8, 4) is 28.1 Å². The number of ether oxygens (including phenoxy) is 2. The van der Waals surface area contributed by atoms with Crippen molar-refractivity contribution >= 4 is 34.2 Å². The van der Waals surface area contributed by atoms with Crippen LogP contribution in [-0.2, 0) is 14.3 Å². The molecule has 2 aliphatic heterocycles. The number of fused-ring (bicyclic) bond motifs is 1. The molecule has 4 heterocycles. The molecule has 0 saturated carbocycles.